The topological polar surface area (TPSA) is 72.7 Å². The molecule has 8 heteroatoms. The lowest BCUT2D eigenvalue weighted by atomic mass is 10.1. The Hall–Kier alpha value is -1.73. The van der Waals surface area contributed by atoms with Gasteiger partial charge in [-0.25, -0.2) is 4.39 Å². The largest absolute Gasteiger partial charge is 0.377 e. The zero-order valence-electron chi connectivity index (χ0n) is 10.4. The van der Waals surface area contributed by atoms with E-state index in [1.165, 1.54) is 4.90 Å². The summed E-state index contributed by atoms with van der Waals surface area (Å²) in [6.45, 7) is 0.920. The Balaban J connectivity index is 2.35. The fourth-order valence-electron chi connectivity index (χ4n) is 2.04. The zero-order chi connectivity index (χ0) is 14.7. The van der Waals surface area contributed by atoms with Gasteiger partial charge in [-0.15, -0.1) is 11.6 Å². The van der Waals surface area contributed by atoms with Crippen molar-refractivity contribution < 1.29 is 18.8 Å². The van der Waals surface area contributed by atoms with Crippen molar-refractivity contribution in [3.05, 3.63) is 39.7 Å². The van der Waals surface area contributed by atoms with Gasteiger partial charge in [-0.05, 0) is 12.1 Å². The van der Waals surface area contributed by atoms with Crippen LogP contribution in [0.4, 0.5) is 10.1 Å². The predicted octanol–water partition coefficient (Wildman–Crippen LogP) is 1.81. The summed E-state index contributed by atoms with van der Waals surface area (Å²) in [5, 5.41) is 10.9. The quantitative estimate of drug-likeness (QED) is 0.485. The highest BCUT2D eigenvalue weighted by Gasteiger charge is 2.31. The first-order valence-electron chi connectivity index (χ1n) is 5.93. The van der Waals surface area contributed by atoms with Crippen LogP contribution < -0.4 is 0 Å². The smallest absolute Gasteiger partial charge is 0.285 e. The van der Waals surface area contributed by atoms with E-state index in [0.29, 0.717) is 13.2 Å². The van der Waals surface area contributed by atoms with E-state index in [4.69, 9.17) is 16.3 Å². The molecule has 0 aromatic heterocycles. The first-order valence-corrected chi connectivity index (χ1v) is 6.46. The van der Waals surface area contributed by atoms with Crippen LogP contribution in [-0.2, 0) is 4.74 Å². The van der Waals surface area contributed by atoms with Crippen molar-refractivity contribution in [2.45, 2.75) is 6.04 Å². The molecule has 1 heterocycles. The first kappa shape index (κ1) is 14.7. The Labute approximate surface area is 119 Å². The molecular weight excluding hydrogens is 291 g/mol. The number of benzene rings is 1. The third-order valence-electron chi connectivity index (χ3n) is 3.05. The number of halogens is 2. The van der Waals surface area contributed by atoms with E-state index >= 15 is 0 Å². The molecule has 1 aromatic carbocycles. The maximum Gasteiger partial charge on any atom is 0.285 e. The van der Waals surface area contributed by atoms with E-state index in [1.807, 2.05) is 0 Å². The average molecular weight is 303 g/mol. The molecule has 0 aliphatic carbocycles. The van der Waals surface area contributed by atoms with Crippen molar-refractivity contribution in [2.24, 2.45) is 0 Å². The van der Waals surface area contributed by atoms with Crippen molar-refractivity contribution in [1.29, 1.82) is 0 Å². The van der Waals surface area contributed by atoms with Gasteiger partial charge in [0.25, 0.3) is 11.6 Å². The van der Waals surface area contributed by atoms with Crippen LogP contribution >= 0.6 is 11.6 Å². The molecule has 108 valence electrons. The summed E-state index contributed by atoms with van der Waals surface area (Å²) >= 11 is 5.77. The molecule has 6 nitrogen and oxygen atoms in total. The maximum absolute atomic E-state index is 13.1. The average Bonchev–Trinajstić information content (AvgIpc) is 2.46. The molecule has 0 spiro atoms. The van der Waals surface area contributed by atoms with Gasteiger partial charge in [0.05, 0.1) is 30.2 Å². The van der Waals surface area contributed by atoms with Gasteiger partial charge in [0, 0.05) is 12.4 Å². The van der Waals surface area contributed by atoms with Crippen LogP contribution in [0.15, 0.2) is 18.2 Å². The number of morpholine rings is 1. The first-order chi connectivity index (χ1) is 9.54. The Morgan fingerprint density at radius 2 is 2.35 bits per heavy atom. The SMILES string of the molecule is O=C(c1ccc(F)cc1[N+](=O)[O-])N1CCOCC1CCl. The van der Waals surface area contributed by atoms with Crippen molar-refractivity contribution in [3.63, 3.8) is 0 Å². The van der Waals surface area contributed by atoms with Crippen molar-refractivity contribution in [3.8, 4) is 0 Å². The number of nitro groups is 1. The number of carbonyl (C=O) groups is 1. The normalized spacial score (nSPS) is 18.9. The van der Waals surface area contributed by atoms with E-state index in [-0.39, 0.29) is 24.1 Å². The lowest BCUT2D eigenvalue weighted by Crippen LogP contribution is -2.49. The molecule has 2 rings (SSSR count). The highest BCUT2D eigenvalue weighted by atomic mass is 35.5. The summed E-state index contributed by atoms with van der Waals surface area (Å²) in [7, 11) is 0. The minimum absolute atomic E-state index is 0.145. The molecule has 0 N–H and O–H groups in total. The summed E-state index contributed by atoms with van der Waals surface area (Å²) in [4.78, 5) is 24.0. The van der Waals surface area contributed by atoms with Crippen LogP contribution in [0.5, 0.6) is 0 Å². The van der Waals surface area contributed by atoms with Crippen LogP contribution in [-0.4, -0.2) is 47.4 Å². The van der Waals surface area contributed by atoms with Crippen LogP contribution in [0.25, 0.3) is 0 Å². The van der Waals surface area contributed by atoms with E-state index in [2.05, 4.69) is 0 Å². The number of ether oxygens (including phenoxy) is 1. The minimum atomic E-state index is -0.771. The van der Waals surface area contributed by atoms with Crippen LogP contribution in [0.3, 0.4) is 0 Å². The predicted molar refractivity (Wildman–Crippen MR) is 69.4 cm³/mol. The van der Waals surface area contributed by atoms with Gasteiger partial charge in [0.2, 0.25) is 0 Å². The fraction of sp³-hybridized carbons (Fsp3) is 0.417. The highest BCUT2D eigenvalue weighted by molar-refractivity contribution is 6.18. The van der Waals surface area contributed by atoms with Gasteiger partial charge < -0.3 is 9.64 Å². The molecule has 1 fully saturated rings. The summed E-state index contributed by atoms with van der Waals surface area (Å²) < 4.78 is 18.3. The Morgan fingerprint density at radius 3 is 3.00 bits per heavy atom. The molecule has 0 bridgehead atoms. The van der Waals surface area contributed by atoms with Crippen molar-refractivity contribution in [2.75, 3.05) is 25.6 Å². The molecule has 0 saturated carbocycles. The van der Waals surface area contributed by atoms with E-state index in [9.17, 15) is 19.3 Å². The second kappa shape index (κ2) is 6.15. The Bertz CT molecular complexity index is 540. The molecule has 20 heavy (non-hydrogen) atoms. The highest BCUT2D eigenvalue weighted by Crippen LogP contribution is 2.23. The number of amides is 1. The van der Waals surface area contributed by atoms with Crippen molar-refractivity contribution >= 4 is 23.2 Å². The molecule has 1 saturated heterocycles. The van der Waals surface area contributed by atoms with Crippen LogP contribution in [0.2, 0.25) is 0 Å². The molecule has 1 aliphatic rings. The summed E-state index contributed by atoms with van der Waals surface area (Å²) in [5.74, 6) is -1.13. The molecule has 1 unspecified atom stereocenters. The molecule has 1 atom stereocenters. The maximum atomic E-state index is 13.1. The molecule has 1 aromatic rings. The number of hydrogen-bond donors (Lipinski definition) is 0. The minimum Gasteiger partial charge on any atom is -0.377 e. The summed E-state index contributed by atoms with van der Waals surface area (Å²) in [6, 6.07) is 2.54. The summed E-state index contributed by atoms with van der Waals surface area (Å²) in [6.07, 6.45) is 0. The van der Waals surface area contributed by atoms with Gasteiger partial charge in [-0.3, -0.25) is 14.9 Å². The number of nitrogens with zero attached hydrogens (tertiary/aromatic N) is 2. The lowest BCUT2D eigenvalue weighted by Gasteiger charge is -2.34. The van der Waals surface area contributed by atoms with Gasteiger partial charge in [-0.2, -0.15) is 0 Å². The van der Waals surface area contributed by atoms with Gasteiger partial charge in [0.15, 0.2) is 0 Å². The molecule has 0 radical (unpaired) electrons. The molecule has 1 aliphatic heterocycles. The van der Waals surface area contributed by atoms with Crippen LogP contribution in [0.1, 0.15) is 10.4 Å². The number of hydrogen-bond acceptors (Lipinski definition) is 4. The number of rotatable bonds is 3. The third-order valence-corrected chi connectivity index (χ3v) is 3.41. The monoisotopic (exact) mass is 302 g/mol. The van der Waals surface area contributed by atoms with E-state index < -0.39 is 22.3 Å². The number of carbonyl (C=O) groups excluding carboxylic acids is 1. The zero-order valence-corrected chi connectivity index (χ0v) is 11.2. The van der Waals surface area contributed by atoms with E-state index in [0.717, 1.165) is 18.2 Å². The Morgan fingerprint density at radius 1 is 1.60 bits per heavy atom. The third kappa shape index (κ3) is 2.88. The van der Waals surface area contributed by atoms with Crippen molar-refractivity contribution in [1.82, 2.24) is 4.90 Å². The number of nitro benzene ring substituents is 1. The standard InChI is InChI=1S/C12H12ClFN2O4/c13-6-9-7-20-4-3-15(9)12(17)10-2-1-8(14)5-11(10)16(18)19/h1-2,5,9H,3-4,6-7H2. The van der Waals surface area contributed by atoms with Gasteiger partial charge in [0.1, 0.15) is 11.4 Å². The van der Waals surface area contributed by atoms with Crippen LogP contribution in [0, 0.1) is 15.9 Å². The second-order valence-corrected chi connectivity index (χ2v) is 4.61. The Kier molecular flexibility index (Phi) is 4.51. The van der Waals surface area contributed by atoms with Gasteiger partial charge >= 0.3 is 0 Å². The van der Waals surface area contributed by atoms with E-state index in [1.54, 1.807) is 0 Å². The molecular formula is C12H12ClFN2O4. The fourth-order valence-corrected chi connectivity index (χ4v) is 2.30. The lowest BCUT2D eigenvalue weighted by molar-refractivity contribution is -0.385. The second-order valence-electron chi connectivity index (χ2n) is 4.30. The van der Waals surface area contributed by atoms with Gasteiger partial charge in [-0.1, -0.05) is 0 Å². The number of alkyl halides is 1. The molecule has 1 amide bonds. The summed E-state index contributed by atoms with van der Waals surface area (Å²) in [5.41, 5.74) is -0.691.